The molecule has 4 rings (SSSR count). The highest BCUT2D eigenvalue weighted by Gasteiger charge is 2.30. The Morgan fingerprint density at radius 1 is 1.09 bits per heavy atom. The first kappa shape index (κ1) is 24.5. The van der Waals surface area contributed by atoms with Gasteiger partial charge in [-0.3, -0.25) is 14.7 Å². The molecule has 0 aliphatic carbocycles. The number of carbonyl (C=O) groups is 1. The molecule has 1 unspecified atom stereocenters. The van der Waals surface area contributed by atoms with Crippen LogP contribution >= 0.6 is 24.0 Å². The number of aromatic nitrogens is 1. The lowest BCUT2D eigenvalue weighted by Crippen LogP contribution is -2.57. The molecule has 174 valence electrons. The zero-order chi connectivity index (χ0) is 21.6. The first-order valence-corrected chi connectivity index (χ1v) is 11.1. The molecule has 2 saturated heterocycles. The number of carbonyl (C=O) groups excluding carboxylic acids is 1. The molecule has 2 aromatic rings. The lowest BCUT2D eigenvalue weighted by atomic mass is 10.2. The number of hydrogen-bond donors (Lipinski definition) is 1. The number of guanidine groups is 1. The summed E-state index contributed by atoms with van der Waals surface area (Å²) >= 11 is 0. The Balaban J connectivity index is 0.00000289. The fraction of sp³-hybridized carbons (Fsp3) is 0.522. The molecule has 3 heterocycles. The van der Waals surface area contributed by atoms with Crippen molar-refractivity contribution in [3.05, 3.63) is 42.1 Å². The highest BCUT2D eigenvalue weighted by molar-refractivity contribution is 14.0. The van der Waals surface area contributed by atoms with Crippen LogP contribution in [0.5, 0.6) is 0 Å². The van der Waals surface area contributed by atoms with E-state index < -0.39 is 0 Å². The largest absolute Gasteiger partial charge is 0.356 e. The van der Waals surface area contributed by atoms with Gasteiger partial charge in [-0.2, -0.15) is 0 Å². The molecule has 2 fully saturated rings. The average molecular weight is 552 g/mol. The van der Waals surface area contributed by atoms with Gasteiger partial charge in [0.1, 0.15) is 5.69 Å². The number of nitrogens with zero attached hydrogens (tertiary/aromatic N) is 5. The zero-order valence-corrected chi connectivity index (χ0v) is 21.2. The number of aliphatic imine (C=N–C) groups is 1. The van der Waals surface area contributed by atoms with Crippen molar-refractivity contribution in [1.29, 1.82) is 0 Å². The van der Waals surface area contributed by atoms with E-state index in [0.29, 0.717) is 6.54 Å². The molecule has 2 aliphatic heterocycles. The predicted molar refractivity (Wildman–Crippen MR) is 136 cm³/mol. The summed E-state index contributed by atoms with van der Waals surface area (Å²) < 4.78 is 5.48. The van der Waals surface area contributed by atoms with Gasteiger partial charge in [0.15, 0.2) is 11.7 Å². The van der Waals surface area contributed by atoms with Crippen LogP contribution in [-0.4, -0.2) is 84.1 Å². The minimum atomic E-state index is -0.0539. The zero-order valence-electron chi connectivity index (χ0n) is 18.9. The summed E-state index contributed by atoms with van der Waals surface area (Å²) in [6.07, 6.45) is 2.26. The number of rotatable bonds is 5. The standard InChI is InChI=1S/C23H32N6O2.HI/c1-18(22(30)28-10-6-7-11-28)27-12-14-29(15-13-27)23(24-2)25-17-20-16-21(31-26-20)19-8-4-3-5-9-19;/h3-5,8-9,16,18H,6-7,10-15,17H2,1-2H3,(H,24,25);1H. The summed E-state index contributed by atoms with van der Waals surface area (Å²) in [5.74, 6) is 1.88. The number of piperazine rings is 1. The van der Waals surface area contributed by atoms with Gasteiger partial charge in [-0.05, 0) is 19.8 Å². The number of likely N-dealkylation sites (tertiary alicyclic amines) is 1. The summed E-state index contributed by atoms with van der Waals surface area (Å²) in [5.41, 5.74) is 1.85. The van der Waals surface area contributed by atoms with E-state index in [9.17, 15) is 4.79 Å². The lowest BCUT2D eigenvalue weighted by molar-refractivity contribution is -0.135. The Kier molecular flexibility index (Phi) is 8.92. The lowest BCUT2D eigenvalue weighted by Gasteiger charge is -2.39. The molecule has 0 radical (unpaired) electrons. The smallest absolute Gasteiger partial charge is 0.239 e. The molecule has 1 aromatic heterocycles. The Labute approximate surface area is 207 Å². The molecule has 1 atom stereocenters. The second kappa shape index (κ2) is 11.6. The highest BCUT2D eigenvalue weighted by Crippen LogP contribution is 2.19. The minimum Gasteiger partial charge on any atom is -0.356 e. The molecule has 32 heavy (non-hydrogen) atoms. The van der Waals surface area contributed by atoms with E-state index in [-0.39, 0.29) is 35.9 Å². The maximum atomic E-state index is 12.7. The fourth-order valence-electron chi connectivity index (χ4n) is 4.31. The molecule has 0 bridgehead atoms. The van der Waals surface area contributed by atoms with Crippen molar-refractivity contribution in [3.8, 4) is 11.3 Å². The van der Waals surface area contributed by atoms with E-state index in [1.807, 2.05) is 48.2 Å². The van der Waals surface area contributed by atoms with E-state index in [0.717, 1.165) is 75.1 Å². The van der Waals surface area contributed by atoms with Crippen molar-refractivity contribution >= 4 is 35.8 Å². The van der Waals surface area contributed by atoms with Gasteiger partial charge in [-0.1, -0.05) is 35.5 Å². The fourth-order valence-corrected chi connectivity index (χ4v) is 4.31. The van der Waals surface area contributed by atoms with E-state index in [2.05, 4.69) is 25.3 Å². The Hall–Kier alpha value is -2.14. The number of amides is 1. The Morgan fingerprint density at radius 2 is 1.78 bits per heavy atom. The van der Waals surface area contributed by atoms with Crippen LogP contribution in [0.1, 0.15) is 25.5 Å². The van der Waals surface area contributed by atoms with Crippen molar-refractivity contribution in [2.45, 2.75) is 32.4 Å². The third kappa shape index (κ3) is 5.80. The van der Waals surface area contributed by atoms with E-state index in [1.54, 1.807) is 7.05 Å². The van der Waals surface area contributed by atoms with Crippen molar-refractivity contribution in [2.24, 2.45) is 4.99 Å². The first-order valence-electron chi connectivity index (χ1n) is 11.1. The predicted octanol–water partition coefficient (Wildman–Crippen LogP) is 2.66. The van der Waals surface area contributed by atoms with Crippen LogP contribution in [0.3, 0.4) is 0 Å². The quantitative estimate of drug-likeness (QED) is 0.350. The first-order chi connectivity index (χ1) is 15.2. The molecular weight excluding hydrogens is 519 g/mol. The number of nitrogens with one attached hydrogen (secondary N) is 1. The summed E-state index contributed by atoms with van der Waals surface area (Å²) in [6, 6.07) is 11.9. The molecule has 0 saturated carbocycles. The maximum Gasteiger partial charge on any atom is 0.239 e. The van der Waals surface area contributed by atoms with Crippen LogP contribution in [0, 0.1) is 0 Å². The molecule has 2 aliphatic rings. The molecule has 1 amide bonds. The number of benzene rings is 1. The SMILES string of the molecule is CN=C(NCc1cc(-c2ccccc2)on1)N1CCN(C(C)C(=O)N2CCCC2)CC1.I. The van der Waals surface area contributed by atoms with E-state index in [1.165, 1.54) is 0 Å². The van der Waals surface area contributed by atoms with Gasteiger partial charge in [0, 0.05) is 57.9 Å². The molecule has 9 heteroatoms. The van der Waals surface area contributed by atoms with Crippen molar-refractivity contribution in [1.82, 2.24) is 25.2 Å². The summed E-state index contributed by atoms with van der Waals surface area (Å²) in [7, 11) is 1.80. The van der Waals surface area contributed by atoms with Gasteiger partial charge >= 0.3 is 0 Å². The minimum absolute atomic E-state index is 0. The Bertz CT molecular complexity index is 889. The van der Waals surface area contributed by atoms with Gasteiger partial charge < -0.3 is 19.6 Å². The van der Waals surface area contributed by atoms with Gasteiger partial charge in [0.25, 0.3) is 0 Å². The topological polar surface area (TPSA) is 77.2 Å². The van der Waals surface area contributed by atoms with Crippen molar-refractivity contribution < 1.29 is 9.32 Å². The van der Waals surface area contributed by atoms with Crippen LogP contribution in [0.15, 0.2) is 45.9 Å². The third-order valence-corrected chi connectivity index (χ3v) is 6.19. The average Bonchev–Trinajstić information content (AvgIpc) is 3.52. The summed E-state index contributed by atoms with van der Waals surface area (Å²) in [6.45, 7) is 7.79. The van der Waals surface area contributed by atoms with Crippen LogP contribution in [-0.2, 0) is 11.3 Å². The second-order valence-corrected chi connectivity index (χ2v) is 8.18. The maximum absolute atomic E-state index is 12.7. The van der Waals surface area contributed by atoms with Crippen LogP contribution in [0.25, 0.3) is 11.3 Å². The summed E-state index contributed by atoms with van der Waals surface area (Å²) in [4.78, 5) is 23.7. The van der Waals surface area contributed by atoms with E-state index >= 15 is 0 Å². The normalized spacial score (nSPS) is 18.4. The van der Waals surface area contributed by atoms with Crippen molar-refractivity contribution in [2.75, 3.05) is 46.3 Å². The van der Waals surface area contributed by atoms with Crippen molar-refractivity contribution in [3.63, 3.8) is 0 Å². The third-order valence-electron chi connectivity index (χ3n) is 6.19. The van der Waals surface area contributed by atoms with Crippen LogP contribution in [0.4, 0.5) is 0 Å². The van der Waals surface area contributed by atoms with Crippen LogP contribution in [0.2, 0.25) is 0 Å². The van der Waals surface area contributed by atoms with Crippen LogP contribution < -0.4 is 5.32 Å². The molecule has 1 N–H and O–H groups in total. The number of halogens is 1. The highest BCUT2D eigenvalue weighted by atomic mass is 127. The van der Waals surface area contributed by atoms with E-state index in [4.69, 9.17) is 4.52 Å². The molecule has 1 aromatic carbocycles. The second-order valence-electron chi connectivity index (χ2n) is 8.18. The van der Waals surface area contributed by atoms with Gasteiger partial charge in [0.2, 0.25) is 5.91 Å². The monoisotopic (exact) mass is 552 g/mol. The molecular formula is C23H33IN6O2. The van der Waals surface area contributed by atoms with Gasteiger partial charge in [0.05, 0.1) is 12.6 Å². The van der Waals surface area contributed by atoms with Gasteiger partial charge in [-0.15, -0.1) is 24.0 Å². The summed E-state index contributed by atoms with van der Waals surface area (Å²) in [5, 5.41) is 7.57. The number of hydrogen-bond acceptors (Lipinski definition) is 5. The Morgan fingerprint density at radius 3 is 2.44 bits per heavy atom. The molecule has 0 spiro atoms. The van der Waals surface area contributed by atoms with Gasteiger partial charge in [-0.25, -0.2) is 0 Å². The molecule has 8 nitrogen and oxygen atoms in total.